The molecule has 0 aliphatic carbocycles. The number of pyridine rings is 2. The van der Waals surface area contributed by atoms with Gasteiger partial charge in [-0.15, -0.1) is 53.6 Å². The molecule has 4 heterocycles. The van der Waals surface area contributed by atoms with Gasteiger partial charge in [0.2, 0.25) is 0 Å². The van der Waals surface area contributed by atoms with Gasteiger partial charge >= 0.3 is 0 Å². The number of aryl methyl sites for hydroxylation is 3. The van der Waals surface area contributed by atoms with Crippen LogP contribution in [0, 0.1) is 32.8 Å². The van der Waals surface area contributed by atoms with Crippen LogP contribution in [0.4, 0.5) is 0 Å². The van der Waals surface area contributed by atoms with Crippen LogP contribution >= 0.6 is 0 Å². The normalized spacial score (nSPS) is 12.4. The number of nitrogens with zero attached hydrogens (tertiary/aromatic N) is 4. The minimum Gasteiger partial charge on any atom is -0.501 e. The average Bonchev–Trinajstić information content (AvgIpc) is 3.97. The third-order valence-electron chi connectivity index (χ3n) is 13.4. The molecule has 0 aliphatic heterocycles. The van der Waals surface area contributed by atoms with Crippen molar-refractivity contribution in [2.45, 2.75) is 79.9 Å². The van der Waals surface area contributed by atoms with Gasteiger partial charge in [-0.3, -0.25) is 9.97 Å². The molecule has 0 saturated heterocycles. The van der Waals surface area contributed by atoms with E-state index in [0.29, 0.717) is 5.56 Å². The summed E-state index contributed by atoms with van der Waals surface area (Å²) in [4.78, 5) is 14.9. The number of benzene rings is 7. The van der Waals surface area contributed by atoms with E-state index in [9.17, 15) is 0 Å². The Hall–Kier alpha value is -7.02. The molecule has 0 amide bonds. The second-order valence-corrected chi connectivity index (χ2v) is 25.3. The summed E-state index contributed by atoms with van der Waals surface area (Å²) in [6, 6.07) is 63.0. The number of fused-ring (bicyclic) bond motifs is 4. The van der Waals surface area contributed by atoms with E-state index in [1.165, 1.54) is 44.6 Å². The summed E-state index contributed by atoms with van der Waals surface area (Å²) >= 11 is 0. The Morgan fingerprint density at radius 1 is 0.625 bits per heavy atom. The van der Waals surface area contributed by atoms with E-state index < -0.39 is 14.9 Å². The van der Waals surface area contributed by atoms with E-state index in [-0.39, 0.29) is 31.9 Å². The van der Waals surface area contributed by atoms with Gasteiger partial charge < -0.3 is 14.0 Å². The van der Waals surface area contributed by atoms with E-state index in [2.05, 4.69) is 203 Å². The summed E-state index contributed by atoms with van der Waals surface area (Å²) < 4.78 is 31.3. The zero-order chi connectivity index (χ0) is 52.1. The van der Waals surface area contributed by atoms with Crippen LogP contribution in [0.3, 0.4) is 0 Å². The Morgan fingerprint density at radius 2 is 1.25 bits per heavy atom. The van der Waals surface area contributed by atoms with Crippen LogP contribution in [0.25, 0.3) is 94.7 Å². The van der Waals surface area contributed by atoms with Crippen LogP contribution in [0.1, 0.15) is 71.7 Å². The smallest absolute Gasteiger partial charge is 0.121 e. The predicted molar refractivity (Wildman–Crippen MR) is 301 cm³/mol. The number of imidazole rings is 1. The fraction of sp³-hybridized carbons (Fsp3) is 0.185. The minimum atomic E-state index is -2.08. The van der Waals surface area contributed by atoms with Crippen molar-refractivity contribution in [2.24, 2.45) is 0 Å². The topological polar surface area (TPSA) is 56.7 Å². The van der Waals surface area contributed by atoms with Crippen molar-refractivity contribution >= 4 is 46.2 Å². The molecular formula is C65H60IrN4OSi-2. The van der Waals surface area contributed by atoms with Gasteiger partial charge in [0.25, 0.3) is 0 Å². The van der Waals surface area contributed by atoms with Crippen molar-refractivity contribution in [1.82, 2.24) is 19.5 Å². The fourth-order valence-electron chi connectivity index (χ4n) is 9.59. The number of hydrogen-bond donors (Lipinski definition) is 0. The summed E-state index contributed by atoms with van der Waals surface area (Å²) in [5, 5.41) is 3.42. The quantitative estimate of drug-likeness (QED) is 0.107. The largest absolute Gasteiger partial charge is 0.501 e. The Bertz CT molecular complexity index is 3720. The Kier molecular flexibility index (Phi) is 13.2. The second-order valence-electron chi connectivity index (χ2n) is 20.2. The molecule has 0 saturated carbocycles. The molecule has 5 nitrogen and oxygen atoms in total. The van der Waals surface area contributed by atoms with Gasteiger partial charge in [-0.1, -0.05) is 174 Å². The minimum absolute atomic E-state index is 0. The van der Waals surface area contributed by atoms with E-state index in [1.807, 2.05) is 31.3 Å². The van der Waals surface area contributed by atoms with Crippen molar-refractivity contribution in [3.63, 3.8) is 0 Å². The van der Waals surface area contributed by atoms with E-state index in [4.69, 9.17) is 18.5 Å². The maximum absolute atomic E-state index is 7.35. The number of furan rings is 1. The first-order valence-corrected chi connectivity index (χ1v) is 28.1. The zero-order valence-electron chi connectivity index (χ0n) is 45.4. The van der Waals surface area contributed by atoms with Crippen LogP contribution < -0.4 is 5.19 Å². The Labute approximate surface area is 443 Å². The molecule has 0 N–H and O–H groups in total. The first kappa shape index (κ1) is 46.1. The average molecular weight is 1140 g/mol. The maximum atomic E-state index is 7.35. The molecule has 0 unspecified atom stereocenters. The molecule has 361 valence electrons. The molecule has 0 atom stereocenters. The van der Waals surface area contributed by atoms with Crippen molar-refractivity contribution in [1.29, 1.82) is 0 Å². The van der Waals surface area contributed by atoms with Gasteiger partial charge in [0, 0.05) is 47.2 Å². The van der Waals surface area contributed by atoms with Crippen molar-refractivity contribution < 1.29 is 28.6 Å². The number of hydrogen-bond acceptors (Lipinski definition) is 4. The zero-order valence-corrected chi connectivity index (χ0v) is 45.7. The molecule has 11 aromatic rings. The molecular weight excluding hydrogens is 1070 g/mol. The fourth-order valence-corrected chi connectivity index (χ4v) is 10.6. The molecule has 11 rings (SSSR count). The van der Waals surface area contributed by atoms with E-state index in [0.717, 1.165) is 83.8 Å². The predicted octanol–water partition coefficient (Wildman–Crippen LogP) is 17.1. The summed E-state index contributed by atoms with van der Waals surface area (Å²) in [5.74, 6) is 1.30. The number of rotatable bonds is 9. The summed E-state index contributed by atoms with van der Waals surface area (Å²) in [6.45, 7) is 18.0. The molecule has 72 heavy (non-hydrogen) atoms. The monoisotopic (exact) mass is 1140 g/mol. The molecule has 0 fully saturated rings. The van der Waals surface area contributed by atoms with Crippen LogP contribution in [-0.4, -0.2) is 27.6 Å². The van der Waals surface area contributed by atoms with Crippen molar-refractivity contribution in [3.8, 4) is 61.7 Å². The van der Waals surface area contributed by atoms with Gasteiger partial charge in [0.1, 0.15) is 5.58 Å². The molecule has 7 aromatic carbocycles. The van der Waals surface area contributed by atoms with Crippen LogP contribution in [-0.2, 0) is 20.1 Å². The third kappa shape index (κ3) is 9.94. The first-order valence-electron chi connectivity index (χ1n) is 26.1. The molecule has 4 aromatic heterocycles. The van der Waals surface area contributed by atoms with Crippen LogP contribution in [0.15, 0.2) is 174 Å². The third-order valence-corrected chi connectivity index (χ3v) is 15.4. The van der Waals surface area contributed by atoms with Gasteiger partial charge in [-0.05, 0) is 105 Å². The Morgan fingerprint density at radius 3 is 1.83 bits per heavy atom. The van der Waals surface area contributed by atoms with Crippen molar-refractivity contribution in [2.75, 3.05) is 0 Å². The molecule has 0 spiro atoms. The first-order chi connectivity index (χ1) is 35.4. The summed E-state index contributed by atoms with van der Waals surface area (Å²) in [7, 11) is -1.34. The van der Waals surface area contributed by atoms with Crippen LogP contribution in [0.2, 0.25) is 19.6 Å². The molecule has 7 heteroatoms. The molecule has 0 aliphatic rings. The summed E-state index contributed by atoms with van der Waals surface area (Å²) in [6.07, 6.45) is 1.92. The van der Waals surface area contributed by atoms with Crippen LogP contribution in [0.5, 0.6) is 0 Å². The molecule has 1 radical (unpaired) electrons. The standard InChI is InChI=1S/C50H42N3O.C15H18NSi.Ir/c1-30(2)43-27-39(35-16-11-8-12-17-35)28-44(31(3)4)48(43)53-47-33(6)51-32(5)26-45(47)52-50(53)42-19-13-18-41-40-25-24-38(29-46(40)54-49(41)42)37-22-20-36(21-23-37)34-14-9-7-10-15-34;1-12-5-7-13(8-6-12)15-10-9-14(11-16-15)17(2,3)4;/h7-18,20-31H,1-6H3;5-7,9-11H,1-4H3;/q2*-1;/i;1D3;. The Balaban J connectivity index is 0.000000277. The molecule has 0 bridgehead atoms. The number of aromatic nitrogens is 4. The summed E-state index contributed by atoms with van der Waals surface area (Å²) in [5.41, 5.74) is 19.0. The van der Waals surface area contributed by atoms with E-state index in [1.54, 1.807) is 12.1 Å². The SMILES string of the molecule is Cc1cc2nc(-c3[c-]ccc4c3oc3cc(-c5ccc(-c6ccccc6)cc5)ccc34)n(-c3c(C(C)C)cc(-c4ccccc4)cc3C(C)C)c2c(C)n1.[2H]C([2H])([2H])c1c[c-]c(-c2ccc([Si](C)(C)C)cn2)cc1.[Ir]. The van der Waals surface area contributed by atoms with Gasteiger partial charge in [-0.25, -0.2) is 0 Å². The van der Waals surface area contributed by atoms with Gasteiger partial charge in [0.05, 0.1) is 36.2 Å². The maximum Gasteiger partial charge on any atom is 0.121 e. The van der Waals surface area contributed by atoms with Gasteiger partial charge in [0.15, 0.2) is 0 Å². The second kappa shape index (κ2) is 20.6. The van der Waals surface area contributed by atoms with Crippen molar-refractivity contribution in [3.05, 3.63) is 210 Å². The van der Waals surface area contributed by atoms with Gasteiger partial charge in [-0.2, -0.15) is 0 Å². The van der Waals surface area contributed by atoms with E-state index >= 15 is 0 Å².